The van der Waals surface area contributed by atoms with Crippen LogP contribution in [0.15, 0.2) is 28.0 Å². The molecule has 17 heavy (non-hydrogen) atoms. The van der Waals surface area contributed by atoms with Gasteiger partial charge >= 0.3 is 5.97 Å². The lowest BCUT2D eigenvalue weighted by Gasteiger charge is -2.07. The Labute approximate surface area is 105 Å². The molecule has 0 radical (unpaired) electrons. The molecule has 0 aromatic heterocycles. The van der Waals surface area contributed by atoms with Crippen molar-refractivity contribution in [3.05, 3.63) is 23.8 Å². The Hall–Kier alpha value is -1.01. The van der Waals surface area contributed by atoms with Crippen molar-refractivity contribution in [1.82, 2.24) is 0 Å². The Morgan fingerprint density at radius 2 is 2.06 bits per heavy atom. The summed E-state index contributed by atoms with van der Waals surface area (Å²) >= 11 is 1.34. The minimum absolute atomic E-state index is 0.0477. The highest BCUT2D eigenvalue weighted by atomic mass is 32.2. The fourth-order valence-corrected chi connectivity index (χ4v) is 3.41. The Bertz CT molecular complexity index is 520. The maximum absolute atomic E-state index is 11.5. The molecular weight excluding hydrogens is 260 g/mol. The van der Waals surface area contributed by atoms with Crippen LogP contribution in [-0.4, -0.2) is 32.0 Å². The monoisotopic (exact) mass is 274 g/mol. The molecule has 0 amide bonds. The van der Waals surface area contributed by atoms with Crippen LogP contribution < -0.4 is 0 Å². The van der Waals surface area contributed by atoms with Gasteiger partial charge in [0, 0.05) is 17.6 Å². The zero-order chi connectivity index (χ0) is 13.1. The number of benzene rings is 1. The van der Waals surface area contributed by atoms with Gasteiger partial charge in [-0.1, -0.05) is 6.07 Å². The average molecular weight is 274 g/mol. The standard InChI is InChI=1S/C11H14O4S2/c1-16-9-7-8(4-6-11(12)13)3-5-10(9)17(2,14)15/h3,5,7H,4,6H2,1-2H3,(H,12,13). The summed E-state index contributed by atoms with van der Waals surface area (Å²) in [6, 6.07) is 4.95. The highest BCUT2D eigenvalue weighted by Crippen LogP contribution is 2.26. The number of carbonyl (C=O) groups is 1. The molecule has 1 aromatic carbocycles. The van der Waals surface area contributed by atoms with Gasteiger partial charge in [-0.3, -0.25) is 4.79 Å². The van der Waals surface area contributed by atoms with Crippen LogP contribution in [-0.2, 0) is 21.1 Å². The molecule has 0 bridgehead atoms. The quantitative estimate of drug-likeness (QED) is 0.829. The molecule has 1 N–H and O–H groups in total. The highest BCUT2D eigenvalue weighted by Gasteiger charge is 2.13. The largest absolute Gasteiger partial charge is 0.481 e. The smallest absolute Gasteiger partial charge is 0.303 e. The predicted molar refractivity (Wildman–Crippen MR) is 67.3 cm³/mol. The fourth-order valence-electron chi connectivity index (χ4n) is 1.43. The highest BCUT2D eigenvalue weighted by molar-refractivity contribution is 7.99. The van der Waals surface area contributed by atoms with Crippen LogP contribution >= 0.6 is 11.8 Å². The molecule has 0 aliphatic heterocycles. The van der Waals surface area contributed by atoms with Gasteiger partial charge in [0.2, 0.25) is 0 Å². The number of carboxylic acids is 1. The van der Waals surface area contributed by atoms with Crippen molar-refractivity contribution >= 4 is 27.6 Å². The maximum Gasteiger partial charge on any atom is 0.303 e. The lowest BCUT2D eigenvalue weighted by atomic mass is 10.1. The van der Waals surface area contributed by atoms with Gasteiger partial charge in [0.05, 0.1) is 4.90 Å². The molecule has 6 heteroatoms. The first-order valence-electron chi connectivity index (χ1n) is 4.93. The van der Waals surface area contributed by atoms with E-state index in [1.54, 1.807) is 24.5 Å². The molecule has 0 fully saturated rings. The molecule has 0 aliphatic carbocycles. The SMILES string of the molecule is CSc1cc(CCC(=O)O)ccc1S(C)(=O)=O. The third-order valence-electron chi connectivity index (χ3n) is 2.26. The Balaban J connectivity index is 3.05. The summed E-state index contributed by atoms with van der Waals surface area (Å²) in [6.07, 6.45) is 3.42. The van der Waals surface area contributed by atoms with Crippen molar-refractivity contribution in [3.63, 3.8) is 0 Å². The van der Waals surface area contributed by atoms with E-state index < -0.39 is 15.8 Å². The topological polar surface area (TPSA) is 71.4 Å². The first kappa shape index (κ1) is 14.1. The maximum atomic E-state index is 11.5. The molecule has 1 aromatic rings. The second-order valence-corrected chi connectivity index (χ2v) is 6.48. The normalized spacial score (nSPS) is 11.4. The van der Waals surface area contributed by atoms with Crippen LogP contribution in [0.2, 0.25) is 0 Å². The third-order valence-corrected chi connectivity index (χ3v) is 4.32. The van der Waals surface area contributed by atoms with Gasteiger partial charge in [-0.2, -0.15) is 0 Å². The van der Waals surface area contributed by atoms with Crippen LogP contribution in [0, 0.1) is 0 Å². The summed E-state index contributed by atoms with van der Waals surface area (Å²) in [7, 11) is -3.23. The number of hydrogen-bond acceptors (Lipinski definition) is 4. The van der Waals surface area contributed by atoms with E-state index in [4.69, 9.17) is 5.11 Å². The number of aryl methyl sites for hydroxylation is 1. The molecule has 0 aliphatic rings. The van der Waals surface area contributed by atoms with Crippen molar-refractivity contribution in [2.75, 3.05) is 12.5 Å². The van der Waals surface area contributed by atoms with E-state index in [-0.39, 0.29) is 6.42 Å². The lowest BCUT2D eigenvalue weighted by Crippen LogP contribution is -2.01. The van der Waals surface area contributed by atoms with Crippen molar-refractivity contribution < 1.29 is 18.3 Å². The van der Waals surface area contributed by atoms with Gasteiger partial charge in [0.15, 0.2) is 9.84 Å². The van der Waals surface area contributed by atoms with Crippen molar-refractivity contribution in [3.8, 4) is 0 Å². The molecule has 4 nitrogen and oxygen atoms in total. The molecule has 0 unspecified atom stereocenters. The fraction of sp³-hybridized carbons (Fsp3) is 0.364. The zero-order valence-electron chi connectivity index (χ0n) is 9.63. The Morgan fingerprint density at radius 1 is 1.41 bits per heavy atom. The molecule has 0 saturated carbocycles. The minimum Gasteiger partial charge on any atom is -0.481 e. The van der Waals surface area contributed by atoms with E-state index in [1.807, 2.05) is 0 Å². The van der Waals surface area contributed by atoms with E-state index >= 15 is 0 Å². The summed E-state index contributed by atoms with van der Waals surface area (Å²) in [6.45, 7) is 0. The number of sulfone groups is 1. The van der Waals surface area contributed by atoms with Gasteiger partial charge in [-0.25, -0.2) is 8.42 Å². The van der Waals surface area contributed by atoms with Crippen LogP contribution in [0.5, 0.6) is 0 Å². The number of hydrogen-bond donors (Lipinski definition) is 1. The van der Waals surface area contributed by atoms with Crippen molar-refractivity contribution in [1.29, 1.82) is 0 Å². The van der Waals surface area contributed by atoms with Gasteiger partial charge in [-0.15, -0.1) is 11.8 Å². The number of thioether (sulfide) groups is 1. The summed E-state index contributed by atoms with van der Waals surface area (Å²) in [5, 5.41) is 8.58. The van der Waals surface area contributed by atoms with E-state index in [2.05, 4.69) is 0 Å². The van der Waals surface area contributed by atoms with Gasteiger partial charge in [-0.05, 0) is 30.4 Å². The van der Waals surface area contributed by atoms with Crippen LogP contribution in [0.3, 0.4) is 0 Å². The molecule has 0 spiro atoms. The number of carboxylic acid groups (broad SMARTS) is 1. The summed E-state index contributed by atoms with van der Waals surface area (Å²) in [4.78, 5) is 11.4. The molecular formula is C11H14O4S2. The average Bonchev–Trinajstić information content (AvgIpc) is 2.24. The first-order chi connectivity index (χ1) is 7.84. The van der Waals surface area contributed by atoms with E-state index in [0.29, 0.717) is 16.2 Å². The summed E-state index contributed by atoms with van der Waals surface area (Å²) in [5.41, 5.74) is 0.837. The second kappa shape index (κ2) is 5.55. The second-order valence-electron chi connectivity index (χ2n) is 3.65. The van der Waals surface area contributed by atoms with Crippen LogP contribution in [0.1, 0.15) is 12.0 Å². The molecule has 0 atom stereocenters. The molecule has 0 saturated heterocycles. The Morgan fingerprint density at radius 3 is 2.53 bits per heavy atom. The molecule has 0 heterocycles. The third kappa shape index (κ3) is 4.05. The first-order valence-corrected chi connectivity index (χ1v) is 8.05. The predicted octanol–water partition coefficient (Wildman–Crippen LogP) is 1.83. The lowest BCUT2D eigenvalue weighted by molar-refractivity contribution is -0.136. The Kier molecular flexibility index (Phi) is 4.59. The van der Waals surface area contributed by atoms with Crippen LogP contribution in [0.25, 0.3) is 0 Å². The molecule has 94 valence electrons. The minimum atomic E-state index is -3.23. The van der Waals surface area contributed by atoms with E-state index in [1.165, 1.54) is 18.0 Å². The number of aliphatic carboxylic acids is 1. The van der Waals surface area contributed by atoms with Crippen molar-refractivity contribution in [2.45, 2.75) is 22.6 Å². The van der Waals surface area contributed by atoms with Crippen LogP contribution in [0.4, 0.5) is 0 Å². The van der Waals surface area contributed by atoms with Gasteiger partial charge < -0.3 is 5.11 Å². The van der Waals surface area contributed by atoms with E-state index in [0.717, 1.165) is 5.56 Å². The summed E-state index contributed by atoms with van der Waals surface area (Å²) in [5.74, 6) is -0.858. The summed E-state index contributed by atoms with van der Waals surface area (Å²) < 4.78 is 23.0. The number of rotatable bonds is 5. The van der Waals surface area contributed by atoms with Gasteiger partial charge in [0.25, 0.3) is 0 Å². The molecule has 1 rings (SSSR count). The van der Waals surface area contributed by atoms with Gasteiger partial charge in [0.1, 0.15) is 0 Å². The van der Waals surface area contributed by atoms with E-state index in [9.17, 15) is 13.2 Å². The van der Waals surface area contributed by atoms with Crippen molar-refractivity contribution in [2.24, 2.45) is 0 Å². The zero-order valence-corrected chi connectivity index (χ0v) is 11.3.